The summed E-state index contributed by atoms with van der Waals surface area (Å²) < 4.78 is 80.3. The summed E-state index contributed by atoms with van der Waals surface area (Å²) in [5, 5.41) is 13.4. The molecular weight excluding hydrogens is 540 g/mol. The second kappa shape index (κ2) is 11.9. The molecule has 0 atom stereocenters. The van der Waals surface area contributed by atoms with Gasteiger partial charge >= 0.3 is 12.4 Å². The van der Waals surface area contributed by atoms with Gasteiger partial charge in [0, 0.05) is 25.5 Å². The number of aromatic nitrogens is 6. The van der Waals surface area contributed by atoms with E-state index in [0.717, 1.165) is 43.8 Å². The van der Waals surface area contributed by atoms with Crippen molar-refractivity contribution in [1.82, 2.24) is 35.0 Å². The van der Waals surface area contributed by atoms with Gasteiger partial charge in [-0.05, 0) is 44.3 Å². The first-order chi connectivity index (χ1) is 19.0. The van der Waals surface area contributed by atoms with Gasteiger partial charge in [0.15, 0.2) is 5.65 Å². The van der Waals surface area contributed by atoms with Crippen molar-refractivity contribution < 1.29 is 26.3 Å². The molecule has 0 aliphatic heterocycles. The molecule has 9 nitrogen and oxygen atoms in total. The van der Waals surface area contributed by atoms with Gasteiger partial charge in [0.1, 0.15) is 28.5 Å². The number of unbranched alkanes of at least 4 members (excludes halogenated alkanes) is 1. The Bertz CT molecular complexity index is 1440. The molecule has 0 bridgehead atoms. The molecule has 212 valence electrons. The van der Waals surface area contributed by atoms with Crippen LogP contribution in [0.3, 0.4) is 0 Å². The van der Waals surface area contributed by atoms with Gasteiger partial charge in [-0.3, -0.25) is 0 Å². The summed E-state index contributed by atoms with van der Waals surface area (Å²) in [7, 11) is 1.93. The lowest BCUT2D eigenvalue weighted by atomic mass is 10.1. The number of alkyl halides is 6. The molecule has 0 radical (unpaired) electrons. The molecule has 4 heterocycles. The van der Waals surface area contributed by atoms with Crippen LogP contribution in [-0.2, 0) is 12.4 Å². The molecule has 0 spiro atoms. The summed E-state index contributed by atoms with van der Waals surface area (Å²) in [4.78, 5) is 18.3. The maximum absolute atomic E-state index is 14.0. The fraction of sp³-hybridized carbons (Fsp3) is 0.360. The van der Waals surface area contributed by atoms with Gasteiger partial charge in [0.05, 0.1) is 23.0 Å². The average molecular weight is 566 g/mol. The van der Waals surface area contributed by atoms with Crippen LogP contribution in [0.25, 0.3) is 22.6 Å². The van der Waals surface area contributed by atoms with Crippen LogP contribution in [0.1, 0.15) is 30.9 Å². The van der Waals surface area contributed by atoms with Crippen molar-refractivity contribution in [2.45, 2.75) is 32.1 Å². The van der Waals surface area contributed by atoms with Crippen LogP contribution in [0.2, 0.25) is 0 Å². The Morgan fingerprint density at radius 2 is 1.68 bits per heavy atom. The van der Waals surface area contributed by atoms with E-state index >= 15 is 0 Å². The first-order valence-electron chi connectivity index (χ1n) is 12.3. The Morgan fingerprint density at radius 1 is 0.875 bits per heavy atom. The van der Waals surface area contributed by atoms with Gasteiger partial charge in [-0.25, -0.2) is 19.9 Å². The molecule has 4 aromatic rings. The molecule has 4 aromatic heterocycles. The third kappa shape index (κ3) is 7.08. The third-order valence-electron chi connectivity index (χ3n) is 5.84. The number of nitrogens with one attached hydrogen (secondary N) is 2. The molecule has 0 aliphatic carbocycles. The highest BCUT2D eigenvalue weighted by molar-refractivity contribution is 5.87. The number of likely N-dealkylation sites (N-methyl/N-ethyl adjacent to an activating group) is 1. The maximum Gasteiger partial charge on any atom is 0.418 e. The number of halogens is 6. The predicted octanol–water partition coefficient (Wildman–Crippen LogP) is 5.80. The number of fused-ring (bicyclic) bond motifs is 1. The number of hydrogen-bond acceptors (Lipinski definition) is 9. The molecule has 4 rings (SSSR count). The molecule has 0 unspecified atom stereocenters. The zero-order valence-electron chi connectivity index (χ0n) is 21.5. The van der Waals surface area contributed by atoms with Crippen LogP contribution in [0.15, 0.2) is 42.9 Å². The van der Waals surface area contributed by atoms with Crippen molar-refractivity contribution >= 4 is 28.5 Å². The van der Waals surface area contributed by atoms with Crippen LogP contribution < -0.4 is 10.6 Å². The van der Waals surface area contributed by atoms with Crippen molar-refractivity contribution in [3.63, 3.8) is 0 Å². The molecule has 0 amide bonds. The lowest BCUT2D eigenvalue weighted by molar-refractivity contribution is -0.138. The van der Waals surface area contributed by atoms with E-state index in [1.807, 2.05) is 7.05 Å². The summed E-state index contributed by atoms with van der Waals surface area (Å²) in [6.07, 6.45) is -4.11. The molecule has 0 fully saturated rings. The van der Waals surface area contributed by atoms with E-state index in [2.05, 4.69) is 52.6 Å². The highest BCUT2D eigenvalue weighted by Crippen LogP contribution is 2.36. The second-order valence-electron chi connectivity index (χ2n) is 8.91. The maximum atomic E-state index is 14.0. The summed E-state index contributed by atoms with van der Waals surface area (Å²) in [5.74, 6) is 0.0682. The fourth-order valence-corrected chi connectivity index (χ4v) is 3.71. The molecule has 0 saturated heterocycles. The van der Waals surface area contributed by atoms with E-state index in [4.69, 9.17) is 0 Å². The van der Waals surface area contributed by atoms with Crippen molar-refractivity contribution in [3.05, 3.63) is 54.0 Å². The van der Waals surface area contributed by atoms with Gasteiger partial charge in [0.25, 0.3) is 0 Å². The summed E-state index contributed by atoms with van der Waals surface area (Å²) >= 11 is 0. The van der Waals surface area contributed by atoms with Crippen LogP contribution in [0.5, 0.6) is 0 Å². The van der Waals surface area contributed by atoms with E-state index in [0.29, 0.717) is 25.0 Å². The summed E-state index contributed by atoms with van der Waals surface area (Å²) in [6.45, 7) is 3.96. The summed E-state index contributed by atoms with van der Waals surface area (Å²) in [5.41, 5.74) is -2.22. The first-order valence-corrected chi connectivity index (χ1v) is 12.3. The van der Waals surface area contributed by atoms with Crippen LogP contribution >= 0.6 is 0 Å². The minimum atomic E-state index is -4.75. The second-order valence-corrected chi connectivity index (χ2v) is 8.91. The van der Waals surface area contributed by atoms with Gasteiger partial charge in [0.2, 0.25) is 0 Å². The van der Waals surface area contributed by atoms with Gasteiger partial charge in [-0.2, -0.15) is 26.3 Å². The Kier molecular flexibility index (Phi) is 8.61. The zero-order valence-corrected chi connectivity index (χ0v) is 21.5. The SMILES string of the molecule is CCCCN(C)CCNc1cc(C(F)(F)F)c(-c2cnc3c(Nc4ccc(C(F)(F)F)cn4)ccnc3n2)nn1. The van der Waals surface area contributed by atoms with Gasteiger partial charge in [-0.15, -0.1) is 10.2 Å². The van der Waals surface area contributed by atoms with Crippen LogP contribution in [0.4, 0.5) is 43.7 Å². The number of hydrogen-bond donors (Lipinski definition) is 2. The molecule has 0 aromatic carbocycles. The largest absolute Gasteiger partial charge is 0.418 e. The number of pyridine rings is 2. The Hall–Kier alpha value is -4.14. The first kappa shape index (κ1) is 28.9. The minimum Gasteiger partial charge on any atom is -0.367 e. The highest BCUT2D eigenvalue weighted by atomic mass is 19.4. The minimum absolute atomic E-state index is 0.0124. The van der Waals surface area contributed by atoms with Crippen molar-refractivity contribution in [3.8, 4) is 11.4 Å². The monoisotopic (exact) mass is 565 g/mol. The highest BCUT2D eigenvalue weighted by Gasteiger charge is 2.36. The fourth-order valence-electron chi connectivity index (χ4n) is 3.71. The quantitative estimate of drug-likeness (QED) is 0.231. The molecule has 15 heteroatoms. The molecule has 0 aliphatic rings. The normalized spacial score (nSPS) is 12.2. The van der Waals surface area contributed by atoms with Gasteiger partial charge < -0.3 is 15.5 Å². The molecular formula is C25H25F6N9. The number of nitrogens with zero attached hydrogens (tertiary/aromatic N) is 7. The van der Waals surface area contributed by atoms with E-state index in [1.165, 1.54) is 12.3 Å². The van der Waals surface area contributed by atoms with Crippen molar-refractivity contribution in [1.29, 1.82) is 0 Å². The van der Waals surface area contributed by atoms with E-state index in [9.17, 15) is 26.3 Å². The smallest absolute Gasteiger partial charge is 0.367 e. The lowest BCUT2D eigenvalue weighted by Crippen LogP contribution is -2.26. The topological polar surface area (TPSA) is 105 Å². The average Bonchev–Trinajstić information content (AvgIpc) is 2.91. The van der Waals surface area contributed by atoms with Crippen molar-refractivity contribution in [2.75, 3.05) is 37.3 Å². The lowest BCUT2D eigenvalue weighted by Gasteiger charge is -2.17. The predicted molar refractivity (Wildman–Crippen MR) is 137 cm³/mol. The Labute approximate surface area is 225 Å². The third-order valence-corrected chi connectivity index (χ3v) is 5.84. The van der Waals surface area contributed by atoms with E-state index in [-0.39, 0.29) is 28.5 Å². The Morgan fingerprint density at radius 3 is 2.35 bits per heavy atom. The molecule has 40 heavy (non-hydrogen) atoms. The van der Waals surface area contributed by atoms with E-state index < -0.39 is 29.2 Å². The van der Waals surface area contributed by atoms with Crippen LogP contribution in [-0.4, -0.2) is 61.7 Å². The van der Waals surface area contributed by atoms with Crippen molar-refractivity contribution in [2.24, 2.45) is 0 Å². The Balaban J connectivity index is 1.57. The zero-order chi connectivity index (χ0) is 28.9. The summed E-state index contributed by atoms with van der Waals surface area (Å²) in [6, 6.07) is 4.36. The standard InChI is InChI=1S/C25H25F6N9/c1-3-4-10-40(2)11-9-32-20-12-16(25(29,30)31)21(39-38-20)18-14-35-22-17(7-8-33-23(22)37-18)36-19-6-5-15(13-34-19)24(26,27)28/h5-8,12-14H,3-4,9-11H2,1-2H3,(H,32,38)(H,33,34,36,37). The van der Waals surface area contributed by atoms with Crippen LogP contribution in [0, 0.1) is 0 Å². The molecule has 0 saturated carbocycles. The number of rotatable bonds is 10. The van der Waals surface area contributed by atoms with Gasteiger partial charge in [-0.1, -0.05) is 13.3 Å². The molecule has 2 N–H and O–H groups in total. The van der Waals surface area contributed by atoms with E-state index in [1.54, 1.807) is 0 Å². The number of anilines is 3.